The van der Waals surface area contributed by atoms with Gasteiger partial charge in [0.1, 0.15) is 0 Å². The maximum absolute atomic E-state index is 10.9. The minimum Gasteiger partial charge on any atom is -1.00 e. The number of aliphatic carboxylic acids is 1. The van der Waals surface area contributed by atoms with E-state index in [-0.39, 0.29) is 32.3 Å². The zero-order chi connectivity index (χ0) is 10.3. The molecule has 0 aliphatic rings. The van der Waals surface area contributed by atoms with Gasteiger partial charge in [-0.3, -0.25) is 4.79 Å². The van der Waals surface area contributed by atoms with Gasteiger partial charge < -0.3 is 11.3 Å². The number of hydrogen-bond acceptors (Lipinski definition) is 3. The molecule has 0 atom stereocenters. The Labute approximate surface area is 97.0 Å². The van der Waals surface area contributed by atoms with Crippen molar-refractivity contribution in [2.45, 2.75) is 26.2 Å². The Bertz CT molecular complexity index is 218. The van der Waals surface area contributed by atoms with Crippen molar-refractivity contribution in [3.05, 3.63) is 12.2 Å². The van der Waals surface area contributed by atoms with Gasteiger partial charge in [0.15, 0.2) is 0 Å². The maximum atomic E-state index is 10.9. The summed E-state index contributed by atoms with van der Waals surface area (Å²) < 4.78 is 4.74. The van der Waals surface area contributed by atoms with Gasteiger partial charge in [0.05, 0.1) is 13.0 Å². The van der Waals surface area contributed by atoms with E-state index in [0.717, 1.165) is 12.8 Å². The number of carbonyl (C=O) groups excluding carboxylic acids is 1. The standard InChI is InChI=1S/C9H14O4.Li.H/c1-3-4-5-13-8(10)6-7(2)9(11)12;;/h2-6H2,1H3,(H,11,12);;/q;+1;-1. The molecule has 0 spiro atoms. The average Bonchev–Trinajstić information content (AvgIpc) is 2.04. The number of esters is 1. The van der Waals surface area contributed by atoms with Crippen molar-refractivity contribution in [1.82, 2.24) is 0 Å². The summed E-state index contributed by atoms with van der Waals surface area (Å²) in [5, 5.41) is 8.40. The van der Waals surface area contributed by atoms with Crippen molar-refractivity contribution in [2.24, 2.45) is 0 Å². The van der Waals surface area contributed by atoms with E-state index in [4.69, 9.17) is 9.84 Å². The molecular weight excluding hydrogens is 179 g/mol. The van der Waals surface area contributed by atoms with Crippen LogP contribution in [0.25, 0.3) is 0 Å². The fraction of sp³-hybridized carbons (Fsp3) is 0.556. The molecule has 0 unspecified atom stereocenters. The first kappa shape index (κ1) is 15.7. The number of ether oxygens (including phenoxy) is 1. The van der Waals surface area contributed by atoms with Gasteiger partial charge in [-0.1, -0.05) is 19.9 Å². The zero-order valence-electron chi connectivity index (χ0n) is 9.71. The number of carbonyl (C=O) groups is 2. The Kier molecular flexibility index (Phi) is 9.96. The van der Waals surface area contributed by atoms with Crippen molar-refractivity contribution in [3.63, 3.8) is 0 Å². The third-order valence-electron chi connectivity index (χ3n) is 1.42. The number of carboxylic acid groups (broad SMARTS) is 1. The van der Waals surface area contributed by atoms with Crippen molar-refractivity contribution >= 4 is 11.9 Å². The van der Waals surface area contributed by atoms with Gasteiger partial charge in [-0.25, -0.2) is 4.79 Å². The fourth-order valence-electron chi connectivity index (χ4n) is 0.631. The first-order valence-electron chi connectivity index (χ1n) is 4.14. The minimum atomic E-state index is -1.16. The molecule has 0 amide bonds. The van der Waals surface area contributed by atoms with Crippen molar-refractivity contribution in [3.8, 4) is 0 Å². The second-order valence-electron chi connectivity index (χ2n) is 2.66. The van der Waals surface area contributed by atoms with E-state index in [1.807, 2.05) is 6.92 Å². The van der Waals surface area contributed by atoms with Gasteiger partial charge in [0.25, 0.3) is 0 Å². The van der Waals surface area contributed by atoms with Crippen LogP contribution in [0.2, 0.25) is 0 Å². The molecule has 76 valence electrons. The summed E-state index contributed by atoms with van der Waals surface area (Å²) in [4.78, 5) is 21.1. The normalized spacial score (nSPS) is 8.64. The van der Waals surface area contributed by atoms with E-state index in [2.05, 4.69) is 6.58 Å². The molecule has 0 saturated heterocycles. The van der Waals surface area contributed by atoms with E-state index in [0.29, 0.717) is 6.61 Å². The van der Waals surface area contributed by atoms with Gasteiger partial charge in [0.2, 0.25) is 0 Å². The Morgan fingerprint density at radius 2 is 2.07 bits per heavy atom. The first-order chi connectivity index (χ1) is 6.07. The van der Waals surface area contributed by atoms with Crippen LogP contribution in [0.3, 0.4) is 0 Å². The minimum absolute atomic E-state index is 0. The summed E-state index contributed by atoms with van der Waals surface area (Å²) in [5.74, 6) is -1.69. The molecular formula is C9H15LiO4. The topological polar surface area (TPSA) is 63.6 Å². The molecule has 0 saturated carbocycles. The van der Waals surface area contributed by atoms with Crippen LogP contribution in [0.1, 0.15) is 27.6 Å². The van der Waals surface area contributed by atoms with E-state index in [1.165, 1.54) is 0 Å². The van der Waals surface area contributed by atoms with Crippen LogP contribution in [-0.2, 0) is 14.3 Å². The van der Waals surface area contributed by atoms with E-state index >= 15 is 0 Å². The molecule has 0 radical (unpaired) electrons. The van der Waals surface area contributed by atoms with Crippen LogP contribution < -0.4 is 18.9 Å². The van der Waals surface area contributed by atoms with Gasteiger partial charge in [-0.05, 0) is 6.42 Å². The summed E-state index contributed by atoms with van der Waals surface area (Å²) in [6, 6.07) is 0. The summed E-state index contributed by atoms with van der Waals surface area (Å²) in [6.07, 6.45) is 1.50. The van der Waals surface area contributed by atoms with Gasteiger partial charge in [-0.15, -0.1) is 0 Å². The molecule has 0 aliphatic carbocycles. The summed E-state index contributed by atoms with van der Waals surface area (Å²) in [7, 11) is 0. The average molecular weight is 194 g/mol. The smallest absolute Gasteiger partial charge is 1.00 e. The Hall–Kier alpha value is -0.723. The molecule has 0 bridgehead atoms. The van der Waals surface area contributed by atoms with Crippen molar-refractivity contribution < 1.29 is 39.7 Å². The molecule has 14 heavy (non-hydrogen) atoms. The van der Waals surface area contributed by atoms with Crippen LogP contribution in [0, 0.1) is 0 Å². The number of hydrogen-bond donors (Lipinski definition) is 1. The number of carboxylic acids is 1. The van der Waals surface area contributed by atoms with E-state index in [9.17, 15) is 9.59 Å². The molecule has 0 aromatic heterocycles. The molecule has 0 aliphatic heterocycles. The Balaban J connectivity index is -0.000000720. The second kappa shape index (κ2) is 8.86. The van der Waals surface area contributed by atoms with Crippen molar-refractivity contribution in [1.29, 1.82) is 0 Å². The predicted molar refractivity (Wildman–Crippen MR) is 48.4 cm³/mol. The second-order valence-corrected chi connectivity index (χ2v) is 2.66. The van der Waals surface area contributed by atoms with Crippen LogP contribution in [0.4, 0.5) is 0 Å². The molecule has 1 N–H and O–H groups in total. The summed E-state index contributed by atoms with van der Waals surface area (Å²) in [5.41, 5.74) is -0.138. The van der Waals surface area contributed by atoms with Gasteiger partial charge in [-0.2, -0.15) is 0 Å². The Morgan fingerprint density at radius 3 is 2.50 bits per heavy atom. The number of unbranched alkanes of at least 4 members (excludes halogenated alkanes) is 1. The van der Waals surface area contributed by atoms with Crippen LogP contribution >= 0.6 is 0 Å². The summed E-state index contributed by atoms with van der Waals surface area (Å²) in [6.45, 7) is 5.55. The Morgan fingerprint density at radius 1 is 1.50 bits per heavy atom. The molecule has 0 heterocycles. The first-order valence-corrected chi connectivity index (χ1v) is 4.14. The molecule has 5 heteroatoms. The van der Waals surface area contributed by atoms with Crippen molar-refractivity contribution in [2.75, 3.05) is 6.61 Å². The SMILES string of the molecule is C=C(CC(=O)OCCCC)C(=O)O.[H-].[Li+]. The third-order valence-corrected chi connectivity index (χ3v) is 1.42. The molecule has 0 aromatic carbocycles. The van der Waals surface area contributed by atoms with Crippen LogP contribution in [-0.4, -0.2) is 23.7 Å². The van der Waals surface area contributed by atoms with Gasteiger partial charge in [0, 0.05) is 5.57 Å². The predicted octanol–water partition coefficient (Wildman–Crippen LogP) is -1.52. The number of rotatable bonds is 6. The van der Waals surface area contributed by atoms with Crippen LogP contribution in [0.15, 0.2) is 12.2 Å². The van der Waals surface area contributed by atoms with E-state index < -0.39 is 11.9 Å². The monoisotopic (exact) mass is 194 g/mol. The quantitative estimate of drug-likeness (QED) is 0.241. The molecule has 4 nitrogen and oxygen atoms in total. The molecule has 0 fully saturated rings. The molecule has 0 rings (SSSR count). The largest absolute Gasteiger partial charge is 1.00 e. The van der Waals surface area contributed by atoms with E-state index in [1.54, 1.807) is 0 Å². The van der Waals surface area contributed by atoms with Gasteiger partial charge >= 0.3 is 30.8 Å². The van der Waals surface area contributed by atoms with Crippen LogP contribution in [0.5, 0.6) is 0 Å². The fourth-order valence-corrected chi connectivity index (χ4v) is 0.631. The summed E-state index contributed by atoms with van der Waals surface area (Å²) >= 11 is 0. The molecule has 0 aromatic rings. The third kappa shape index (κ3) is 7.90. The zero-order valence-corrected chi connectivity index (χ0v) is 8.71. The maximum Gasteiger partial charge on any atom is 1.00 e.